The molecule has 0 fully saturated rings. The number of nitrogens with one attached hydrogen (secondary N) is 1. The van der Waals surface area contributed by atoms with Gasteiger partial charge in [0.25, 0.3) is 0 Å². The molecule has 1 aromatic carbocycles. The zero-order valence-electron chi connectivity index (χ0n) is 13.3. The van der Waals surface area contributed by atoms with E-state index < -0.39 is 0 Å². The number of carbonyl (C=O) groups excluding carboxylic acids is 2. The van der Waals surface area contributed by atoms with Crippen LogP contribution in [0.15, 0.2) is 24.3 Å². The van der Waals surface area contributed by atoms with Gasteiger partial charge in [-0.1, -0.05) is 19.1 Å². The first-order valence-electron chi connectivity index (χ1n) is 7.42. The van der Waals surface area contributed by atoms with Crippen molar-refractivity contribution in [3.05, 3.63) is 24.3 Å². The average molecular weight is 325 g/mol. The van der Waals surface area contributed by atoms with Gasteiger partial charge in [-0.05, 0) is 32.4 Å². The van der Waals surface area contributed by atoms with E-state index in [0.717, 1.165) is 0 Å². The average Bonchev–Trinajstić information content (AvgIpc) is 2.50. The van der Waals surface area contributed by atoms with Crippen LogP contribution in [0.2, 0.25) is 0 Å². The third kappa shape index (κ3) is 5.97. The lowest BCUT2D eigenvalue weighted by molar-refractivity contribution is -0.142. The standard InChI is InChI=1S/C16H23NO4S/c1-4-14(16(19)21-6-3)22-11-15(18)17-12-9-7-8-10-13(12)20-5-2/h7-10,14H,4-6,11H2,1-3H3,(H,17,18). The Bertz CT molecular complexity index is 493. The maximum atomic E-state index is 12.0. The number of amides is 1. The maximum absolute atomic E-state index is 12.0. The van der Waals surface area contributed by atoms with Gasteiger partial charge in [0.15, 0.2) is 0 Å². The quantitative estimate of drug-likeness (QED) is 0.707. The monoisotopic (exact) mass is 325 g/mol. The number of carbonyl (C=O) groups is 2. The summed E-state index contributed by atoms with van der Waals surface area (Å²) >= 11 is 1.29. The first kappa shape index (κ1) is 18.4. The van der Waals surface area contributed by atoms with Crippen molar-refractivity contribution in [3.8, 4) is 5.75 Å². The number of esters is 1. The first-order chi connectivity index (χ1) is 10.6. The molecule has 0 aliphatic heterocycles. The number of hydrogen-bond acceptors (Lipinski definition) is 5. The number of anilines is 1. The van der Waals surface area contributed by atoms with Gasteiger partial charge in [-0.3, -0.25) is 9.59 Å². The fraction of sp³-hybridized carbons (Fsp3) is 0.500. The summed E-state index contributed by atoms with van der Waals surface area (Å²) < 4.78 is 10.4. The molecule has 0 saturated heterocycles. The number of benzene rings is 1. The predicted molar refractivity (Wildman–Crippen MR) is 89.4 cm³/mol. The third-order valence-electron chi connectivity index (χ3n) is 2.80. The van der Waals surface area contributed by atoms with Crippen LogP contribution in [-0.2, 0) is 14.3 Å². The van der Waals surface area contributed by atoms with Crippen molar-refractivity contribution >= 4 is 29.3 Å². The molecule has 1 N–H and O–H groups in total. The molecule has 6 heteroatoms. The molecular weight excluding hydrogens is 302 g/mol. The molecule has 0 aromatic heterocycles. The molecule has 5 nitrogen and oxygen atoms in total. The number of rotatable bonds is 9. The van der Waals surface area contributed by atoms with Gasteiger partial charge in [0.2, 0.25) is 5.91 Å². The molecule has 0 bridgehead atoms. The number of para-hydroxylation sites is 2. The van der Waals surface area contributed by atoms with Gasteiger partial charge in [0.1, 0.15) is 11.0 Å². The molecule has 1 amide bonds. The summed E-state index contributed by atoms with van der Waals surface area (Å²) in [7, 11) is 0. The largest absolute Gasteiger partial charge is 0.492 e. The maximum Gasteiger partial charge on any atom is 0.319 e. The SMILES string of the molecule is CCOC(=O)C(CC)SCC(=O)Nc1ccccc1OCC. The minimum absolute atomic E-state index is 0.167. The van der Waals surface area contributed by atoms with Gasteiger partial charge < -0.3 is 14.8 Å². The van der Waals surface area contributed by atoms with Crippen molar-refractivity contribution in [1.82, 2.24) is 0 Å². The van der Waals surface area contributed by atoms with E-state index in [4.69, 9.17) is 9.47 Å². The first-order valence-corrected chi connectivity index (χ1v) is 8.47. The van der Waals surface area contributed by atoms with Crippen molar-refractivity contribution in [3.63, 3.8) is 0 Å². The van der Waals surface area contributed by atoms with Gasteiger partial charge in [0, 0.05) is 0 Å². The Morgan fingerprint density at radius 3 is 2.55 bits per heavy atom. The smallest absolute Gasteiger partial charge is 0.319 e. The van der Waals surface area contributed by atoms with Crippen molar-refractivity contribution in [2.24, 2.45) is 0 Å². The highest BCUT2D eigenvalue weighted by molar-refractivity contribution is 8.01. The minimum atomic E-state index is -0.312. The van der Waals surface area contributed by atoms with Crippen LogP contribution in [-0.4, -0.2) is 36.1 Å². The Hall–Kier alpha value is -1.69. The highest BCUT2D eigenvalue weighted by atomic mass is 32.2. The van der Waals surface area contributed by atoms with Crippen LogP contribution in [0.1, 0.15) is 27.2 Å². The Kier molecular flexibility index (Phi) is 8.43. The number of thioether (sulfide) groups is 1. The molecule has 1 aromatic rings. The number of hydrogen-bond donors (Lipinski definition) is 1. The molecule has 0 heterocycles. The molecular formula is C16H23NO4S. The van der Waals surface area contributed by atoms with Crippen LogP contribution in [0, 0.1) is 0 Å². The molecule has 0 saturated carbocycles. The molecule has 22 heavy (non-hydrogen) atoms. The summed E-state index contributed by atoms with van der Waals surface area (Å²) in [5.41, 5.74) is 0.638. The van der Waals surface area contributed by atoms with Crippen molar-refractivity contribution < 1.29 is 19.1 Å². The van der Waals surface area contributed by atoms with Gasteiger partial charge in [-0.2, -0.15) is 0 Å². The summed E-state index contributed by atoms with van der Waals surface area (Å²) in [6.45, 7) is 6.44. The van der Waals surface area contributed by atoms with Gasteiger partial charge in [-0.25, -0.2) is 0 Å². The molecule has 0 radical (unpaired) electrons. The van der Waals surface area contributed by atoms with E-state index in [9.17, 15) is 9.59 Å². The van der Waals surface area contributed by atoms with Crippen molar-refractivity contribution in [2.45, 2.75) is 32.4 Å². The Morgan fingerprint density at radius 1 is 1.18 bits per heavy atom. The van der Waals surface area contributed by atoms with Crippen molar-refractivity contribution in [2.75, 3.05) is 24.3 Å². The lowest BCUT2D eigenvalue weighted by Gasteiger charge is -2.14. The van der Waals surface area contributed by atoms with Crippen LogP contribution in [0.25, 0.3) is 0 Å². The van der Waals surface area contributed by atoms with E-state index >= 15 is 0 Å². The molecule has 0 spiro atoms. The third-order valence-corrected chi connectivity index (χ3v) is 4.15. The molecule has 122 valence electrons. The van der Waals surface area contributed by atoms with Gasteiger partial charge in [0.05, 0.1) is 24.7 Å². The highest BCUT2D eigenvalue weighted by Gasteiger charge is 2.19. The second kappa shape index (κ2) is 10.1. The Morgan fingerprint density at radius 2 is 1.91 bits per heavy atom. The Labute approximate surface area is 135 Å². The second-order valence-corrected chi connectivity index (χ2v) is 5.63. The lowest BCUT2D eigenvalue weighted by Crippen LogP contribution is -2.23. The van der Waals surface area contributed by atoms with Gasteiger partial charge >= 0.3 is 5.97 Å². The summed E-state index contributed by atoms with van der Waals surface area (Å²) in [6, 6.07) is 7.28. The lowest BCUT2D eigenvalue weighted by atomic mass is 10.3. The molecule has 1 rings (SSSR count). The molecule has 0 aliphatic carbocycles. The second-order valence-electron chi connectivity index (χ2n) is 4.44. The normalized spacial score (nSPS) is 11.6. The predicted octanol–water partition coefficient (Wildman–Crippen LogP) is 3.10. The highest BCUT2D eigenvalue weighted by Crippen LogP contribution is 2.24. The van der Waals surface area contributed by atoms with Gasteiger partial charge in [-0.15, -0.1) is 11.8 Å². The van der Waals surface area contributed by atoms with E-state index in [1.54, 1.807) is 19.1 Å². The molecule has 1 atom stereocenters. The summed E-state index contributed by atoms with van der Waals surface area (Å²) in [5, 5.41) is 2.50. The van der Waals surface area contributed by atoms with Crippen LogP contribution in [0.5, 0.6) is 5.75 Å². The van der Waals surface area contributed by atoms with E-state index in [-0.39, 0.29) is 22.9 Å². The molecule has 0 aliphatic rings. The van der Waals surface area contributed by atoms with E-state index in [1.807, 2.05) is 26.0 Å². The molecule has 1 unspecified atom stereocenters. The van der Waals surface area contributed by atoms with Crippen LogP contribution < -0.4 is 10.1 Å². The zero-order chi connectivity index (χ0) is 16.4. The summed E-state index contributed by atoms with van der Waals surface area (Å²) in [5.74, 6) is 0.399. The van der Waals surface area contributed by atoms with E-state index in [2.05, 4.69) is 5.32 Å². The van der Waals surface area contributed by atoms with Crippen LogP contribution >= 0.6 is 11.8 Å². The van der Waals surface area contributed by atoms with E-state index in [1.165, 1.54) is 11.8 Å². The fourth-order valence-electron chi connectivity index (χ4n) is 1.80. The van der Waals surface area contributed by atoms with Crippen LogP contribution in [0.3, 0.4) is 0 Å². The minimum Gasteiger partial charge on any atom is -0.492 e. The van der Waals surface area contributed by atoms with Crippen molar-refractivity contribution in [1.29, 1.82) is 0 Å². The topological polar surface area (TPSA) is 64.6 Å². The fourth-order valence-corrected chi connectivity index (χ4v) is 2.67. The number of ether oxygens (including phenoxy) is 2. The zero-order valence-corrected chi connectivity index (χ0v) is 14.1. The Balaban J connectivity index is 2.54. The van der Waals surface area contributed by atoms with Crippen LogP contribution in [0.4, 0.5) is 5.69 Å². The summed E-state index contributed by atoms with van der Waals surface area (Å²) in [4.78, 5) is 23.7. The summed E-state index contributed by atoms with van der Waals surface area (Å²) in [6.07, 6.45) is 0.631. The van der Waals surface area contributed by atoms with E-state index in [0.29, 0.717) is 31.1 Å².